The third kappa shape index (κ3) is 4.69. The fourth-order valence-corrected chi connectivity index (χ4v) is 3.55. The van der Waals surface area contributed by atoms with Gasteiger partial charge in [-0.05, 0) is 26.3 Å². The Hall–Kier alpha value is -0.710. The molecule has 0 aliphatic carbocycles. The first-order valence-electron chi connectivity index (χ1n) is 6.88. The number of hydrogen-bond acceptors (Lipinski definition) is 5. The molecule has 1 aromatic carbocycles. The molecule has 114 valence electrons. The van der Waals surface area contributed by atoms with Gasteiger partial charge in [-0.25, -0.2) is 0 Å². The summed E-state index contributed by atoms with van der Waals surface area (Å²) in [5.41, 5.74) is 0.932. The SMILES string of the molecule is CCOP(=O)(OCC)[C@H](C)N[C@H](CO)c1ccccc1. The van der Waals surface area contributed by atoms with Gasteiger partial charge in [0.2, 0.25) is 0 Å². The Labute approximate surface area is 120 Å². The summed E-state index contributed by atoms with van der Waals surface area (Å²) in [6, 6.07) is 9.22. The van der Waals surface area contributed by atoms with Crippen LogP contribution in [-0.4, -0.2) is 30.7 Å². The third-order valence-corrected chi connectivity index (χ3v) is 5.25. The van der Waals surface area contributed by atoms with E-state index in [4.69, 9.17) is 9.05 Å². The smallest absolute Gasteiger partial charge is 0.347 e. The Morgan fingerprint density at radius 3 is 2.20 bits per heavy atom. The third-order valence-electron chi connectivity index (χ3n) is 2.92. The summed E-state index contributed by atoms with van der Waals surface area (Å²) >= 11 is 0. The van der Waals surface area contributed by atoms with Crippen LogP contribution >= 0.6 is 7.60 Å². The molecule has 20 heavy (non-hydrogen) atoms. The average molecular weight is 301 g/mol. The van der Waals surface area contributed by atoms with Gasteiger partial charge in [-0.15, -0.1) is 0 Å². The van der Waals surface area contributed by atoms with E-state index in [9.17, 15) is 9.67 Å². The fourth-order valence-electron chi connectivity index (χ4n) is 1.94. The molecule has 1 aromatic rings. The summed E-state index contributed by atoms with van der Waals surface area (Å²) in [4.78, 5) is 0. The van der Waals surface area contributed by atoms with Gasteiger partial charge in [-0.2, -0.15) is 0 Å². The van der Waals surface area contributed by atoms with Gasteiger partial charge in [0.25, 0.3) is 0 Å². The van der Waals surface area contributed by atoms with Crippen LogP contribution in [0.3, 0.4) is 0 Å². The highest BCUT2D eigenvalue weighted by atomic mass is 31.2. The second kappa shape index (κ2) is 8.55. The largest absolute Gasteiger partial charge is 0.394 e. The van der Waals surface area contributed by atoms with Crippen molar-refractivity contribution in [2.45, 2.75) is 32.6 Å². The van der Waals surface area contributed by atoms with Crippen molar-refractivity contribution in [3.63, 3.8) is 0 Å². The van der Waals surface area contributed by atoms with Crippen LogP contribution in [-0.2, 0) is 13.6 Å². The van der Waals surface area contributed by atoms with Crippen molar-refractivity contribution in [3.05, 3.63) is 35.9 Å². The van der Waals surface area contributed by atoms with E-state index in [0.29, 0.717) is 13.2 Å². The highest BCUT2D eigenvalue weighted by molar-refractivity contribution is 7.54. The van der Waals surface area contributed by atoms with Crippen LogP contribution in [0.1, 0.15) is 32.4 Å². The van der Waals surface area contributed by atoms with E-state index >= 15 is 0 Å². The zero-order valence-electron chi connectivity index (χ0n) is 12.3. The van der Waals surface area contributed by atoms with Gasteiger partial charge in [0.15, 0.2) is 0 Å². The standard InChI is InChI=1S/C14H24NO4P/c1-4-18-20(17,19-5-2)12(3)15-14(11-16)13-9-7-6-8-10-13/h6-10,12,14-16H,4-5,11H2,1-3H3/t12-,14-/m1/s1. The zero-order chi connectivity index (χ0) is 15.0. The van der Waals surface area contributed by atoms with Crippen molar-refractivity contribution in [1.82, 2.24) is 5.32 Å². The molecule has 0 heterocycles. The Balaban J connectivity index is 2.80. The molecule has 0 radical (unpaired) electrons. The molecule has 0 amide bonds. The van der Waals surface area contributed by atoms with Crippen LogP contribution in [0, 0.1) is 0 Å². The van der Waals surface area contributed by atoms with E-state index in [1.165, 1.54) is 0 Å². The summed E-state index contributed by atoms with van der Waals surface area (Å²) in [7, 11) is -3.22. The predicted octanol–water partition coefficient (Wildman–Crippen LogP) is 2.92. The summed E-state index contributed by atoms with van der Waals surface area (Å²) in [5, 5.41) is 12.7. The summed E-state index contributed by atoms with van der Waals surface area (Å²) in [5.74, 6) is -0.500. The lowest BCUT2D eigenvalue weighted by Gasteiger charge is -2.27. The van der Waals surface area contributed by atoms with E-state index in [1.54, 1.807) is 20.8 Å². The molecule has 0 spiro atoms. The Bertz CT molecular complexity index is 416. The Kier molecular flexibility index (Phi) is 7.41. The molecule has 0 aliphatic heterocycles. The number of aliphatic hydroxyl groups is 1. The monoisotopic (exact) mass is 301 g/mol. The molecule has 0 fully saturated rings. The topological polar surface area (TPSA) is 67.8 Å². The van der Waals surface area contributed by atoms with Crippen molar-refractivity contribution >= 4 is 7.60 Å². The lowest BCUT2D eigenvalue weighted by molar-refractivity contribution is 0.197. The molecule has 2 N–H and O–H groups in total. The van der Waals surface area contributed by atoms with E-state index in [-0.39, 0.29) is 12.6 Å². The summed E-state index contributed by atoms with van der Waals surface area (Å²) in [6.07, 6.45) is 0. The van der Waals surface area contributed by atoms with Gasteiger partial charge in [0.1, 0.15) is 5.78 Å². The van der Waals surface area contributed by atoms with Crippen molar-refractivity contribution in [3.8, 4) is 0 Å². The minimum atomic E-state index is -3.22. The van der Waals surface area contributed by atoms with Gasteiger partial charge in [-0.1, -0.05) is 30.3 Å². The van der Waals surface area contributed by atoms with Gasteiger partial charge in [0, 0.05) is 0 Å². The lowest BCUT2D eigenvalue weighted by Crippen LogP contribution is -2.33. The molecule has 0 bridgehead atoms. The normalized spacial score (nSPS) is 15.0. The first-order valence-corrected chi connectivity index (χ1v) is 8.49. The van der Waals surface area contributed by atoms with Crippen LogP contribution in [0.25, 0.3) is 0 Å². The summed E-state index contributed by atoms with van der Waals surface area (Å²) in [6.45, 7) is 5.85. The molecule has 0 unspecified atom stereocenters. The van der Waals surface area contributed by atoms with E-state index < -0.39 is 13.4 Å². The zero-order valence-corrected chi connectivity index (χ0v) is 13.2. The second-order valence-corrected chi connectivity index (χ2v) is 6.73. The molecule has 6 heteroatoms. The van der Waals surface area contributed by atoms with Crippen LogP contribution in [0.4, 0.5) is 0 Å². The molecule has 0 saturated heterocycles. The maximum Gasteiger partial charge on any atom is 0.347 e. The predicted molar refractivity (Wildman–Crippen MR) is 79.7 cm³/mol. The minimum Gasteiger partial charge on any atom is -0.394 e. The molecule has 0 saturated carbocycles. The van der Waals surface area contributed by atoms with Gasteiger partial charge in [0.05, 0.1) is 25.9 Å². The minimum absolute atomic E-state index is 0.0907. The average Bonchev–Trinajstić information content (AvgIpc) is 2.46. The van der Waals surface area contributed by atoms with E-state index in [1.807, 2.05) is 30.3 Å². The van der Waals surface area contributed by atoms with E-state index in [0.717, 1.165) is 5.56 Å². The van der Waals surface area contributed by atoms with Crippen LogP contribution in [0.5, 0.6) is 0 Å². The molecule has 2 atom stereocenters. The number of benzene rings is 1. The maximum atomic E-state index is 12.6. The molecule has 1 rings (SSSR count). The van der Waals surface area contributed by atoms with Crippen LogP contribution < -0.4 is 5.32 Å². The first kappa shape index (κ1) is 17.3. The molecular weight excluding hydrogens is 277 g/mol. The van der Waals surface area contributed by atoms with Crippen molar-refractivity contribution in [2.75, 3.05) is 19.8 Å². The molecule has 5 nitrogen and oxygen atoms in total. The van der Waals surface area contributed by atoms with Crippen molar-refractivity contribution in [2.24, 2.45) is 0 Å². The van der Waals surface area contributed by atoms with Gasteiger partial charge in [-0.3, -0.25) is 9.88 Å². The Morgan fingerprint density at radius 2 is 1.75 bits per heavy atom. The Morgan fingerprint density at radius 1 is 1.20 bits per heavy atom. The van der Waals surface area contributed by atoms with Crippen LogP contribution in [0.2, 0.25) is 0 Å². The maximum absolute atomic E-state index is 12.6. The first-order chi connectivity index (χ1) is 9.57. The van der Waals surface area contributed by atoms with Crippen LogP contribution in [0.15, 0.2) is 30.3 Å². The molecular formula is C14H24NO4P. The fraction of sp³-hybridized carbons (Fsp3) is 0.571. The quantitative estimate of drug-likeness (QED) is 0.686. The highest BCUT2D eigenvalue weighted by Crippen LogP contribution is 2.52. The van der Waals surface area contributed by atoms with Crippen molar-refractivity contribution in [1.29, 1.82) is 0 Å². The number of aliphatic hydroxyl groups excluding tert-OH is 1. The van der Waals surface area contributed by atoms with Crippen molar-refractivity contribution < 1.29 is 18.7 Å². The second-order valence-electron chi connectivity index (χ2n) is 4.36. The number of rotatable bonds is 9. The summed E-state index contributed by atoms with van der Waals surface area (Å²) < 4.78 is 23.2. The number of hydrogen-bond donors (Lipinski definition) is 2. The van der Waals surface area contributed by atoms with Gasteiger partial charge >= 0.3 is 7.60 Å². The van der Waals surface area contributed by atoms with E-state index in [2.05, 4.69) is 5.32 Å². The lowest BCUT2D eigenvalue weighted by atomic mass is 10.1. The number of nitrogens with one attached hydrogen (secondary N) is 1. The molecule has 0 aromatic heterocycles. The highest BCUT2D eigenvalue weighted by Gasteiger charge is 2.33. The van der Waals surface area contributed by atoms with Gasteiger partial charge < -0.3 is 14.2 Å². The molecule has 0 aliphatic rings.